The Hall–Kier alpha value is -1.28. The summed E-state index contributed by atoms with van der Waals surface area (Å²) in [5.41, 5.74) is 1.18. The summed E-state index contributed by atoms with van der Waals surface area (Å²) in [6.45, 7) is 4.33. The van der Waals surface area contributed by atoms with E-state index in [0.29, 0.717) is 6.04 Å². The summed E-state index contributed by atoms with van der Waals surface area (Å²) in [5.74, 6) is 0. The van der Waals surface area contributed by atoms with Crippen LogP contribution in [0.25, 0.3) is 0 Å². The van der Waals surface area contributed by atoms with Gasteiger partial charge in [0.2, 0.25) is 0 Å². The summed E-state index contributed by atoms with van der Waals surface area (Å²) in [6, 6.07) is 15.1. The van der Waals surface area contributed by atoms with Crippen molar-refractivity contribution in [2.24, 2.45) is 0 Å². The van der Waals surface area contributed by atoms with E-state index in [-0.39, 0.29) is 0 Å². The average Bonchev–Trinajstić information content (AvgIpc) is 2.66. The van der Waals surface area contributed by atoms with Gasteiger partial charge < -0.3 is 5.32 Å². The van der Waals surface area contributed by atoms with Crippen LogP contribution in [-0.4, -0.2) is 0 Å². The van der Waals surface area contributed by atoms with E-state index in [1.807, 2.05) is 17.4 Å². The molecule has 1 N–H and O–H groups in total. The van der Waals surface area contributed by atoms with Crippen molar-refractivity contribution in [1.82, 2.24) is 0 Å². The molecule has 0 bridgehead atoms. The average molecular weight is 217 g/mol. The van der Waals surface area contributed by atoms with Gasteiger partial charge in [-0.05, 0) is 38.1 Å². The van der Waals surface area contributed by atoms with Crippen LogP contribution >= 0.6 is 11.3 Å². The Balaban J connectivity index is 2.07. The monoisotopic (exact) mass is 217 g/mol. The number of nitrogens with one attached hydrogen (secondary N) is 1. The van der Waals surface area contributed by atoms with Gasteiger partial charge in [-0.1, -0.05) is 18.2 Å². The molecular formula is C13H15NS. The minimum Gasteiger partial charge on any atom is -0.378 e. The highest BCUT2D eigenvalue weighted by atomic mass is 32.1. The van der Waals surface area contributed by atoms with Crippen molar-refractivity contribution in [3.63, 3.8) is 0 Å². The van der Waals surface area contributed by atoms with E-state index in [1.165, 1.54) is 15.4 Å². The van der Waals surface area contributed by atoms with Gasteiger partial charge in [0.1, 0.15) is 0 Å². The fourth-order valence-electron chi connectivity index (χ4n) is 1.54. The lowest BCUT2D eigenvalue weighted by Gasteiger charge is -2.13. The SMILES string of the molecule is Cc1ccc([C@H](C)Nc2ccccc2)s1. The van der Waals surface area contributed by atoms with Gasteiger partial charge in [0.15, 0.2) is 0 Å². The predicted molar refractivity (Wildman–Crippen MR) is 67.5 cm³/mol. The molecule has 1 aromatic carbocycles. The molecule has 2 heteroatoms. The first kappa shape index (κ1) is 10.2. The second-order valence-corrected chi connectivity index (χ2v) is 5.00. The Morgan fingerprint density at radius 2 is 1.80 bits per heavy atom. The smallest absolute Gasteiger partial charge is 0.0578 e. The van der Waals surface area contributed by atoms with Crippen LogP contribution in [0.2, 0.25) is 0 Å². The highest BCUT2D eigenvalue weighted by Gasteiger charge is 2.06. The molecule has 2 rings (SSSR count). The Labute approximate surface area is 94.8 Å². The predicted octanol–water partition coefficient (Wildman–Crippen LogP) is 4.23. The van der Waals surface area contributed by atoms with Gasteiger partial charge in [0.05, 0.1) is 6.04 Å². The normalized spacial score (nSPS) is 12.4. The van der Waals surface area contributed by atoms with Crippen LogP contribution in [0, 0.1) is 6.92 Å². The molecule has 0 amide bonds. The van der Waals surface area contributed by atoms with Crippen molar-refractivity contribution >= 4 is 17.0 Å². The van der Waals surface area contributed by atoms with Crippen LogP contribution in [0.15, 0.2) is 42.5 Å². The lowest BCUT2D eigenvalue weighted by atomic mass is 10.2. The topological polar surface area (TPSA) is 12.0 Å². The number of anilines is 1. The van der Waals surface area contributed by atoms with Crippen LogP contribution in [0.3, 0.4) is 0 Å². The maximum absolute atomic E-state index is 3.48. The zero-order chi connectivity index (χ0) is 10.7. The summed E-state index contributed by atoms with van der Waals surface area (Å²) in [5, 5.41) is 3.48. The minimum absolute atomic E-state index is 0.381. The third-order valence-corrected chi connectivity index (χ3v) is 3.53. The second-order valence-electron chi connectivity index (χ2n) is 3.68. The minimum atomic E-state index is 0.381. The molecule has 0 aliphatic rings. The van der Waals surface area contributed by atoms with E-state index in [0.717, 1.165) is 0 Å². The van der Waals surface area contributed by atoms with E-state index >= 15 is 0 Å². The van der Waals surface area contributed by atoms with Crippen molar-refractivity contribution in [3.05, 3.63) is 52.2 Å². The zero-order valence-electron chi connectivity index (χ0n) is 9.03. The molecule has 0 unspecified atom stereocenters. The summed E-state index contributed by atoms with van der Waals surface area (Å²) < 4.78 is 0. The van der Waals surface area contributed by atoms with Gasteiger partial charge >= 0.3 is 0 Å². The van der Waals surface area contributed by atoms with Gasteiger partial charge in [-0.3, -0.25) is 0 Å². The number of hydrogen-bond acceptors (Lipinski definition) is 2. The number of rotatable bonds is 3. The molecule has 1 nitrogen and oxygen atoms in total. The maximum atomic E-state index is 3.48. The van der Waals surface area contributed by atoms with Crippen LogP contribution in [0.4, 0.5) is 5.69 Å². The van der Waals surface area contributed by atoms with E-state index in [4.69, 9.17) is 0 Å². The van der Waals surface area contributed by atoms with E-state index in [1.54, 1.807) is 0 Å². The molecule has 78 valence electrons. The van der Waals surface area contributed by atoms with Crippen molar-refractivity contribution in [2.75, 3.05) is 5.32 Å². The lowest BCUT2D eigenvalue weighted by molar-refractivity contribution is 0.908. The Bertz CT molecular complexity index is 419. The van der Waals surface area contributed by atoms with Gasteiger partial charge in [-0.15, -0.1) is 11.3 Å². The summed E-state index contributed by atoms with van der Waals surface area (Å²) in [6.07, 6.45) is 0. The molecule has 0 radical (unpaired) electrons. The lowest BCUT2D eigenvalue weighted by Crippen LogP contribution is -2.04. The molecular weight excluding hydrogens is 202 g/mol. The third kappa shape index (κ3) is 2.60. The van der Waals surface area contributed by atoms with Crippen LogP contribution in [-0.2, 0) is 0 Å². The highest BCUT2D eigenvalue weighted by molar-refractivity contribution is 7.12. The van der Waals surface area contributed by atoms with Gasteiger partial charge in [0.25, 0.3) is 0 Å². The first-order chi connectivity index (χ1) is 7.25. The maximum Gasteiger partial charge on any atom is 0.0578 e. The van der Waals surface area contributed by atoms with Crippen LogP contribution in [0.1, 0.15) is 22.7 Å². The Morgan fingerprint density at radius 1 is 1.07 bits per heavy atom. The largest absolute Gasteiger partial charge is 0.378 e. The molecule has 0 saturated heterocycles. The summed E-state index contributed by atoms with van der Waals surface area (Å²) >= 11 is 1.85. The first-order valence-corrected chi connectivity index (χ1v) is 5.95. The number of aryl methyl sites for hydroxylation is 1. The highest BCUT2D eigenvalue weighted by Crippen LogP contribution is 2.25. The van der Waals surface area contributed by atoms with Crippen molar-refractivity contribution in [3.8, 4) is 0 Å². The number of benzene rings is 1. The molecule has 0 spiro atoms. The van der Waals surface area contributed by atoms with Crippen LogP contribution < -0.4 is 5.32 Å². The first-order valence-electron chi connectivity index (χ1n) is 5.13. The summed E-state index contributed by atoms with van der Waals surface area (Å²) in [4.78, 5) is 2.75. The van der Waals surface area contributed by atoms with Crippen molar-refractivity contribution < 1.29 is 0 Å². The number of thiophene rings is 1. The van der Waals surface area contributed by atoms with Gasteiger partial charge in [-0.25, -0.2) is 0 Å². The van der Waals surface area contributed by atoms with E-state index in [9.17, 15) is 0 Å². The molecule has 1 aromatic heterocycles. The molecule has 0 saturated carbocycles. The van der Waals surface area contributed by atoms with E-state index < -0.39 is 0 Å². The second kappa shape index (κ2) is 4.49. The molecule has 0 aliphatic heterocycles. The fourth-order valence-corrected chi connectivity index (χ4v) is 2.42. The molecule has 0 fully saturated rings. The standard InChI is InChI=1S/C13H15NS/c1-10-8-9-13(15-10)11(2)14-12-6-4-3-5-7-12/h3-9,11,14H,1-2H3/t11-/m0/s1. The van der Waals surface area contributed by atoms with Crippen molar-refractivity contribution in [1.29, 1.82) is 0 Å². The zero-order valence-corrected chi connectivity index (χ0v) is 9.84. The Morgan fingerprint density at radius 3 is 2.40 bits per heavy atom. The number of hydrogen-bond donors (Lipinski definition) is 1. The van der Waals surface area contributed by atoms with Gasteiger partial charge in [0, 0.05) is 15.4 Å². The summed E-state index contributed by atoms with van der Waals surface area (Å²) in [7, 11) is 0. The number of para-hydroxylation sites is 1. The molecule has 1 atom stereocenters. The van der Waals surface area contributed by atoms with Crippen LogP contribution in [0.5, 0.6) is 0 Å². The van der Waals surface area contributed by atoms with Crippen molar-refractivity contribution in [2.45, 2.75) is 19.9 Å². The van der Waals surface area contributed by atoms with E-state index in [2.05, 4.69) is 55.6 Å². The molecule has 15 heavy (non-hydrogen) atoms. The van der Waals surface area contributed by atoms with Gasteiger partial charge in [-0.2, -0.15) is 0 Å². The molecule has 0 aliphatic carbocycles. The fraction of sp³-hybridized carbons (Fsp3) is 0.231. The third-order valence-electron chi connectivity index (χ3n) is 2.34. The Kier molecular flexibility index (Phi) is 3.07. The quantitative estimate of drug-likeness (QED) is 0.811. The molecule has 2 aromatic rings. The molecule has 1 heterocycles.